The third-order valence-corrected chi connectivity index (χ3v) is 4.29. The molecule has 2 heterocycles. The molecule has 0 unspecified atom stereocenters. The zero-order valence-corrected chi connectivity index (χ0v) is 13.4. The zero-order valence-electron chi connectivity index (χ0n) is 12.6. The lowest BCUT2D eigenvalue weighted by Crippen LogP contribution is -2.13. The van der Waals surface area contributed by atoms with Gasteiger partial charge >= 0.3 is 0 Å². The van der Waals surface area contributed by atoms with Crippen molar-refractivity contribution in [2.45, 2.75) is 11.6 Å². The highest BCUT2D eigenvalue weighted by Crippen LogP contribution is 2.21. The highest BCUT2D eigenvalue weighted by atomic mass is 32.2. The van der Waals surface area contributed by atoms with Gasteiger partial charge in [-0.1, -0.05) is 30.0 Å². The number of nitrogens with zero attached hydrogens (tertiary/aromatic N) is 4. The van der Waals surface area contributed by atoms with E-state index in [-0.39, 0.29) is 23.8 Å². The zero-order chi connectivity index (χ0) is 16.9. The number of thioether (sulfide) groups is 1. The first-order chi connectivity index (χ1) is 11.6. The van der Waals surface area contributed by atoms with Gasteiger partial charge in [-0.05, 0) is 23.8 Å². The summed E-state index contributed by atoms with van der Waals surface area (Å²) in [6.45, 7) is 0. The summed E-state index contributed by atoms with van der Waals surface area (Å²) in [5.41, 5.74) is 1.12. The fourth-order valence-corrected chi connectivity index (χ4v) is 2.83. The fourth-order valence-electron chi connectivity index (χ4n) is 2.12. The fraction of sp³-hybridized carbons (Fsp3) is 0.125. The van der Waals surface area contributed by atoms with Gasteiger partial charge in [0.05, 0.1) is 5.75 Å². The number of rotatable bonds is 6. The molecule has 0 aliphatic rings. The van der Waals surface area contributed by atoms with E-state index >= 15 is 0 Å². The van der Waals surface area contributed by atoms with Gasteiger partial charge in [-0.2, -0.15) is 0 Å². The van der Waals surface area contributed by atoms with Gasteiger partial charge in [0.2, 0.25) is 5.16 Å². The Morgan fingerprint density at radius 3 is 2.79 bits per heavy atom. The van der Waals surface area contributed by atoms with Crippen molar-refractivity contribution in [3.05, 3.63) is 60.2 Å². The number of nitrogens with two attached hydrogens (primary N) is 1. The van der Waals surface area contributed by atoms with Crippen molar-refractivity contribution in [3.63, 3.8) is 0 Å². The largest absolute Gasteiger partial charge is 0.335 e. The van der Waals surface area contributed by atoms with Crippen LogP contribution in [0.1, 0.15) is 5.56 Å². The molecule has 1 aromatic carbocycles. The third kappa shape index (κ3) is 3.60. The quantitative estimate of drug-likeness (QED) is 0.545. The summed E-state index contributed by atoms with van der Waals surface area (Å²) in [5, 5.41) is 8.42. The average Bonchev–Trinajstić information content (AvgIpc) is 2.97. The maximum Gasteiger partial charge on any atom is 0.210 e. The van der Waals surface area contributed by atoms with E-state index in [4.69, 9.17) is 5.84 Å². The Labute approximate surface area is 141 Å². The Hall–Kier alpha value is -2.74. The molecule has 0 bridgehead atoms. The number of carbonyl (C=O) groups excluding carboxylic acids is 1. The summed E-state index contributed by atoms with van der Waals surface area (Å²) in [6, 6.07) is 9.83. The molecule has 0 amide bonds. The second kappa shape index (κ2) is 7.22. The number of benzene rings is 1. The normalized spacial score (nSPS) is 10.7. The van der Waals surface area contributed by atoms with Crippen LogP contribution in [0.25, 0.3) is 11.4 Å². The van der Waals surface area contributed by atoms with Crippen molar-refractivity contribution in [1.82, 2.24) is 19.9 Å². The maximum absolute atomic E-state index is 13.6. The molecule has 122 valence electrons. The van der Waals surface area contributed by atoms with Crippen LogP contribution in [0.4, 0.5) is 4.39 Å². The van der Waals surface area contributed by atoms with Crippen molar-refractivity contribution in [2.75, 3.05) is 11.6 Å². The SMILES string of the molecule is Nn1c(SCC(=O)Cc2ccccc2F)nnc1-c1cccnc1. The van der Waals surface area contributed by atoms with Crippen LogP contribution < -0.4 is 5.84 Å². The smallest absolute Gasteiger partial charge is 0.210 e. The molecule has 0 fully saturated rings. The lowest BCUT2D eigenvalue weighted by atomic mass is 10.1. The summed E-state index contributed by atoms with van der Waals surface area (Å²) in [5.74, 6) is 6.08. The van der Waals surface area contributed by atoms with Crippen LogP contribution in [-0.4, -0.2) is 31.4 Å². The molecule has 3 rings (SSSR count). The topological polar surface area (TPSA) is 86.7 Å². The van der Waals surface area contributed by atoms with Crippen LogP contribution in [0.15, 0.2) is 53.9 Å². The predicted octanol–water partition coefficient (Wildman–Crippen LogP) is 2.10. The Bertz CT molecular complexity index is 853. The summed E-state index contributed by atoms with van der Waals surface area (Å²) in [4.78, 5) is 16.0. The van der Waals surface area contributed by atoms with Crippen LogP contribution in [0.5, 0.6) is 0 Å². The lowest BCUT2D eigenvalue weighted by molar-refractivity contribution is -0.116. The van der Waals surface area contributed by atoms with Gasteiger partial charge in [0, 0.05) is 24.4 Å². The number of nitrogen functional groups attached to an aromatic ring is 1. The number of hydrogen-bond donors (Lipinski definition) is 1. The van der Waals surface area contributed by atoms with E-state index in [1.165, 1.54) is 22.5 Å². The van der Waals surface area contributed by atoms with Gasteiger partial charge in [0.25, 0.3) is 0 Å². The van der Waals surface area contributed by atoms with Crippen molar-refractivity contribution in [3.8, 4) is 11.4 Å². The summed E-state index contributed by atoms with van der Waals surface area (Å²) in [7, 11) is 0. The van der Waals surface area contributed by atoms with Crippen LogP contribution in [0.2, 0.25) is 0 Å². The molecule has 0 saturated carbocycles. The Morgan fingerprint density at radius 2 is 2.04 bits per heavy atom. The molecule has 0 atom stereocenters. The molecule has 3 aromatic rings. The van der Waals surface area contributed by atoms with E-state index in [1.54, 1.807) is 36.7 Å². The first-order valence-electron chi connectivity index (χ1n) is 7.14. The first kappa shape index (κ1) is 16.1. The third-order valence-electron chi connectivity index (χ3n) is 3.29. The van der Waals surface area contributed by atoms with E-state index < -0.39 is 0 Å². The van der Waals surface area contributed by atoms with E-state index in [0.29, 0.717) is 16.5 Å². The molecular formula is C16H14FN5OS. The Kier molecular flexibility index (Phi) is 4.85. The second-order valence-electron chi connectivity index (χ2n) is 5.01. The van der Waals surface area contributed by atoms with Crippen LogP contribution in [-0.2, 0) is 11.2 Å². The molecule has 0 saturated heterocycles. The molecule has 0 aliphatic heterocycles. The van der Waals surface area contributed by atoms with Gasteiger partial charge in [0.15, 0.2) is 5.82 Å². The minimum Gasteiger partial charge on any atom is -0.335 e. The molecule has 0 radical (unpaired) electrons. The van der Waals surface area contributed by atoms with Crippen LogP contribution in [0.3, 0.4) is 0 Å². The lowest BCUT2D eigenvalue weighted by Gasteiger charge is -2.04. The monoisotopic (exact) mass is 343 g/mol. The number of carbonyl (C=O) groups is 1. The molecule has 2 N–H and O–H groups in total. The van der Waals surface area contributed by atoms with E-state index in [2.05, 4.69) is 15.2 Å². The summed E-state index contributed by atoms with van der Waals surface area (Å²) in [6.07, 6.45) is 3.32. The molecular weight excluding hydrogens is 329 g/mol. The molecule has 6 nitrogen and oxygen atoms in total. The molecule has 0 aliphatic carbocycles. The van der Waals surface area contributed by atoms with Gasteiger partial charge in [0.1, 0.15) is 11.6 Å². The molecule has 0 spiro atoms. The number of halogens is 1. The minimum absolute atomic E-state index is 0.0356. The Morgan fingerprint density at radius 1 is 1.21 bits per heavy atom. The van der Waals surface area contributed by atoms with Gasteiger partial charge in [-0.25, -0.2) is 9.07 Å². The van der Waals surface area contributed by atoms with Crippen LogP contribution >= 0.6 is 11.8 Å². The molecule has 2 aromatic heterocycles. The average molecular weight is 343 g/mol. The highest BCUT2D eigenvalue weighted by molar-refractivity contribution is 7.99. The Balaban J connectivity index is 1.64. The van der Waals surface area contributed by atoms with Crippen molar-refractivity contribution in [2.24, 2.45) is 0 Å². The van der Waals surface area contributed by atoms with E-state index in [1.807, 2.05) is 6.07 Å². The summed E-state index contributed by atoms with van der Waals surface area (Å²) >= 11 is 1.17. The standard InChI is InChI=1S/C16H14FN5OS/c17-14-6-2-1-4-11(14)8-13(23)10-24-16-21-20-15(22(16)18)12-5-3-7-19-9-12/h1-7,9H,8,10,18H2. The predicted molar refractivity (Wildman–Crippen MR) is 89.2 cm³/mol. The van der Waals surface area contributed by atoms with Crippen LogP contribution in [0, 0.1) is 5.82 Å². The number of Topliss-reactive ketones (excluding diaryl/α,β-unsaturated/α-hetero) is 1. The highest BCUT2D eigenvalue weighted by Gasteiger charge is 2.14. The van der Waals surface area contributed by atoms with Crippen molar-refractivity contribution < 1.29 is 9.18 Å². The number of pyridine rings is 1. The minimum atomic E-state index is -0.378. The number of ketones is 1. The van der Waals surface area contributed by atoms with Gasteiger partial charge in [-0.3, -0.25) is 9.78 Å². The first-order valence-corrected chi connectivity index (χ1v) is 8.12. The van der Waals surface area contributed by atoms with E-state index in [9.17, 15) is 9.18 Å². The van der Waals surface area contributed by atoms with E-state index in [0.717, 1.165) is 5.56 Å². The molecule has 24 heavy (non-hydrogen) atoms. The summed E-state index contributed by atoms with van der Waals surface area (Å²) < 4.78 is 14.9. The number of aromatic nitrogens is 4. The number of hydrogen-bond acceptors (Lipinski definition) is 6. The van der Waals surface area contributed by atoms with Gasteiger partial charge < -0.3 is 5.84 Å². The van der Waals surface area contributed by atoms with Crippen molar-refractivity contribution >= 4 is 17.5 Å². The second-order valence-corrected chi connectivity index (χ2v) is 5.96. The van der Waals surface area contributed by atoms with Gasteiger partial charge in [-0.15, -0.1) is 10.2 Å². The maximum atomic E-state index is 13.6. The van der Waals surface area contributed by atoms with Crippen molar-refractivity contribution in [1.29, 1.82) is 0 Å². The molecule has 8 heteroatoms.